The molecule has 1 atom stereocenters. The molecule has 1 saturated heterocycles. The van der Waals surface area contributed by atoms with Crippen molar-refractivity contribution in [1.29, 1.82) is 0 Å². The van der Waals surface area contributed by atoms with Crippen molar-refractivity contribution in [3.05, 3.63) is 76.3 Å². The number of carbonyl (C=O) groups is 1. The van der Waals surface area contributed by atoms with Crippen molar-refractivity contribution < 1.29 is 4.79 Å². The smallest absolute Gasteiger partial charge is 0.258 e. The maximum absolute atomic E-state index is 12.6. The van der Waals surface area contributed by atoms with E-state index in [2.05, 4.69) is 14.9 Å². The summed E-state index contributed by atoms with van der Waals surface area (Å²) in [4.78, 5) is 36.6. The average molecular weight is 362 g/mol. The van der Waals surface area contributed by atoms with Gasteiger partial charge in [-0.2, -0.15) is 0 Å². The zero-order valence-electron chi connectivity index (χ0n) is 15.3. The fraction of sp³-hybridized carbons (Fsp3) is 0.286. The molecule has 0 saturated carbocycles. The first-order valence-corrected chi connectivity index (χ1v) is 9.21. The van der Waals surface area contributed by atoms with Crippen molar-refractivity contribution in [2.24, 2.45) is 0 Å². The molecule has 0 spiro atoms. The highest BCUT2D eigenvalue weighted by atomic mass is 16.2. The van der Waals surface area contributed by atoms with Crippen LogP contribution < -0.4 is 5.56 Å². The van der Waals surface area contributed by atoms with Crippen molar-refractivity contribution in [2.75, 3.05) is 26.2 Å². The number of amides is 1. The molecule has 0 radical (unpaired) electrons. The first-order valence-electron chi connectivity index (χ1n) is 9.21. The standard InChI is InChI=1S/C21H22N4O2/c1-15(19-22-18-10-6-5-9-17(18)20(26)23-19)24-11-13-25(14-12-24)21(27)16-7-3-2-4-8-16/h2-10,15H,11-14H2,1H3,(H,22,23,26)/t15-/m1/s1. The van der Waals surface area contributed by atoms with Gasteiger partial charge in [0.25, 0.3) is 11.5 Å². The van der Waals surface area contributed by atoms with E-state index < -0.39 is 0 Å². The molecule has 2 heterocycles. The number of rotatable bonds is 3. The van der Waals surface area contributed by atoms with Crippen molar-refractivity contribution >= 4 is 16.8 Å². The summed E-state index contributed by atoms with van der Waals surface area (Å²) in [7, 11) is 0. The molecule has 138 valence electrons. The molecule has 0 bridgehead atoms. The van der Waals surface area contributed by atoms with Crippen LogP contribution >= 0.6 is 0 Å². The minimum atomic E-state index is -0.111. The molecule has 6 heteroatoms. The van der Waals surface area contributed by atoms with Gasteiger partial charge in [0, 0.05) is 31.7 Å². The predicted octanol–water partition coefficient (Wildman–Crippen LogP) is 2.44. The predicted molar refractivity (Wildman–Crippen MR) is 105 cm³/mol. The zero-order valence-corrected chi connectivity index (χ0v) is 15.3. The molecular weight excluding hydrogens is 340 g/mol. The summed E-state index contributed by atoms with van der Waals surface area (Å²) in [5.74, 6) is 0.738. The molecule has 1 amide bonds. The minimum Gasteiger partial charge on any atom is -0.336 e. The molecule has 27 heavy (non-hydrogen) atoms. The van der Waals surface area contributed by atoms with E-state index in [-0.39, 0.29) is 17.5 Å². The van der Waals surface area contributed by atoms with Crippen LogP contribution in [0.1, 0.15) is 29.1 Å². The Hall–Kier alpha value is -2.99. The first kappa shape index (κ1) is 17.4. The molecule has 1 fully saturated rings. The van der Waals surface area contributed by atoms with Crippen LogP contribution in [-0.2, 0) is 0 Å². The zero-order chi connectivity index (χ0) is 18.8. The van der Waals surface area contributed by atoms with Crippen molar-refractivity contribution in [3.63, 3.8) is 0 Å². The maximum atomic E-state index is 12.6. The van der Waals surface area contributed by atoms with E-state index in [4.69, 9.17) is 0 Å². The highest BCUT2D eigenvalue weighted by molar-refractivity contribution is 5.94. The van der Waals surface area contributed by atoms with Gasteiger partial charge in [-0.3, -0.25) is 14.5 Å². The van der Waals surface area contributed by atoms with Crippen LogP contribution in [-0.4, -0.2) is 51.9 Å². The van der Waals surface area contributed by atoms with E-state index in [0.717, 1.165) is 18.7 Å². The van der Waals surface area contributed by atoms with E-state index in [1.54, 1.807) is 6.07 Å². The number of piperazine rings is 1. The van der Waals surface area contributed by atoms with Crippen LogP contribution in [0.15, 0.2) is 59.4 Å². The molecule has 1 aliphatic rings. The fourth-order valence-corrected chi connectivity index (χ4v) is 3.55. The number of nitrogens with zero attached hydrogens (tertiary/aromatic N) is 3. The largest absolute Gasteiger partial charge is 0.336 e. The second-order valence-electron chi connectivity index (χ2n) is 6.84. The Morgan fingerprint density at radius 3 is 2.41 bits per heavy atom. The van der Waals surface area contributed by atoms with Gasteiger partial charge in [-0.1, -0.05) is 30.3 Å². The summed E-state index contributed by atoms with van der Waals surface area (Å²) in [5.41, 5.74) is 1.32. The van der Waals surface area contributed by atoms with E-state index in [1.807, 2.05) is 60.4 Å². The number of nitrogens with one attached hydrogen (secondary N) is 1. The minimum absolute atomic E-state index is 0.0173. The summed E-state index contributed by atoms with van der Waals surface area (Å²) in [6.07, 6.45) is 0. The number of hydrogen-bond donors (Lipinski definition) is 1. The topological polar surface area (TPSA) is 69.3 Å². The third-order valence-electron chi connectivity index (χ3n) is 5.20. The Bertz CT molecular complexity index is 1010. The number of H-pyrrole nitrogens is 1. The molecule has 2 aromatic carbocycles. The van der Waals surface area contributed by atoms with Gasteiger partial charge in [0.1, 0.15) is 5.82 Å². The highest BCUT2D eigenvalue weighted by Crippen LogP contribution is 2.20. The third-order valence-corrected chi connectivity index (χ3v) is 5.20. The summed E-state index contributed by atoms with van der Waals surface area (Å²) in [6, 6.07) is 16.7. The van der Waals surface area contributed by atoms with Gasteiger partial charge in [0.05, 0.1) is 16.9 Å². The summed E-state index contributed by atoms with van der Waals surface area (Å²) < 4.78 is 0. The fourth-order valence-electron chi connectivity index (χ4n) is 3.55. The van der Waals surface area contributed by atoms with Gasteiger partial charge in [-0.05, 0) is 31.2 Å². The highest BCUT2D eigenvalue weighted by Gasteiger charge is 2.26. The van der Waals surface area contributed by atoms with E-state index in [9.17, 15) is 9.59 Å². The Morgan fingerprint density at radius 1 is 1.00 bits per heavy atom. The van der Waals surface area contributed by atoms with Crippen LogP contribution in [0.4, 0.5) is 0 Å². The normalized spacial score (nSPS) is 16.4. The number of para-hydroxylation sites is 1. The van der Waals surface area contributed by atoms with Gasteiger partial charge in [-0.25, -0.2) is 4.98 Å². The van der Waals surface area contributed by atoms with Crippen LogP contribution in [0.25, 0.3) is 10.9 Å². The lowest BCUT2D eigenvalue weighted by Crippen LogP contribution is -2.49. The van der Waals surface area contributed by atoms with Crippen LogP contribution in [0.3, 0.4) is 0 Å². The molecule has 1 aliphatic heterocycles. The number of hydrogen-bond acceptors (Lipinski definition) is 4. The van der Waals surface area contributed by atoms with Gasteiger partial charge in [-0.15, -0.1) is 0 Å². The number of aromatic amines is 1. The summed E-state index contributed by atoms with van der Waals surface area (Å²) in [6.45, 7) is 4.86. The Balaban J connectivity index is 1.47. The monoisotopic (exact) mass is 362 g/mol. The lowest BCUT2D eigenvalue weighted by molar-refractivity contribution is 0.0575. The molecule has 0 aliphatic carbocycles. The number of aromatic nitrogens is 2. The molecule has 1 aromatic heterocycles. The second kappa shape index (κ2) is 7.32. The SMILES string of the molecule is C[C@H](c1nc2ccccc2c(=O)[nH]1)N1CCN(C(=O)c2ccccc2)CC1. The van der Waals surface area contributed by atoms with Crippen molar-refractivity contribution in [2.45, 2.75) is 13.0 Å². The Kier molecular flexibility index (Phi) is 4.73. The van der Waals surface area contributed by atoms with Gasteiger partial charge >= 0.3 is 0 Å². The summed E-state index contributed by atoms with van der Waals surface area (Å²) >= 11 is 0. The van der Waals surface area contributed by atoms with Crippen LogP contribution in [0.2, 0.25) is 0 Å². The molecule has 6 nitrogen and oxygen atoms in total. The number of carbonyl (C=O) groups excluding carboxylic acids is 1. The molecule has 0 unspecified atom stereocenters. The summed E-state index contributed by atoms with van der Waals surface area (Å²) in [5, 5.41) is 0.603. The average Bonchev–Trinajstić information content (AvgIpc) is 2.73. The Labute approximate surface area is 157 Å². The van der Waals surface area contributed by atoms with E-state index in [1.165, 1.54) is 0 Å². The molecule has 4 rings (SSSR count). The van der Waals surface area contributed by atoms with Crippen LogP contribution in [0, 0.1) is 0 Å². The Morgan fingerprint density at radius 2 is 1.67 bits per heavy atom. The van der Waals surface area contributed by atoms with Gasteiger partial charge < -0.3 is 9.88 Å². The third kappa shape index (κ3) is 3.48. The maximum Gasteiger partial charge on any atom is 0.258 e. The lowest BCUT2D eigenvalue weighted by Gasteiger charge is -2.37. The quantitative estimate of drug-likeness (QED) is 0.777. The number of benzene rings is 2. The van der Waals surface area contributed by atoms with E-state index >= 15 is 0 Å². The van der Waals surface area contributed by atoms with Gasteiger partial charge in [0.15, 0.2) is 0 Å². The molecule has 3 aromatic rings. The van der Waals surface area contributed by atoms with Crippen LogP contribution in [0.5, 0.6) is 0 Å². The van der Waals surface area contributed by atoms with E-state index in [0.29, 0.717) is 29.8 Å². The van der Waals surface area contributed by atoms with Crippen molar-refractivity contribution in [1.82, 2.24) is 19.8 Å². The molecule has 1 N–H and O–H groups in total. The van der Waals surface area contributed by atoms with Gasteiger partial charge in [0.2, 0.25) is 0 Å². The molecular formula is C21H22N4O2. The second-order valence-corrected chi connectivity index (χ2v) is 6.84. The lowest BCUT2D eigenvalue weighted by atomic mass is 10.1. The number of fused-ring (bicyclic) bond motifs is 1. The van der Waals surface area contributed by atoms with Crippen molar-refractivity contribution in [3.8, 4) is 0 Å². The first-order chi connectivity index (χ1) is 13.1.